The average molecular weight is 290 g/mol. The van der Waals surface area contributed by atoms with Crippen LogP contribution in [0.25, 0.3) is 5.78 Å². The minimum atomic E-state index is -4.94. The predicted octanol–water partition coefficient (Wildman–Crippen LogP) is -4.93. The van der Waals surface area contributed by atoms with Gasteiger partial charge in [0, 0.05) is 17.2 Å². The summed E-state index contributed by atoms with van der Waals surface area (Å²) in [5.41, 5.74) is 2.61. The zero-order chi connectivity index (χ0) is 14.0. The van der Waals surface area contributed by atoms with Gasteiger partial charge >= 0.3 is 5.78 Å². The molecule has 10 heteroatoms. The summed E-state index contributed by atoms with van der Waals surface area (Å²) in [6, 6.07) is 0. The lowest BCUT2D eigenvalue weighted by Crippen LogP contribution is -2.68. The predicted molar refractivity (Wildman–Crippen MR) is 48.6 cm³/mol. The van der Waals surface area contributed by atoms with Crippen molar-refractivity contribution in [3.8, 4) is 0 Å². The molecule has 0 N–H and O–H groups in total. The number of aryl methyl sites for hydroxylation is 3. The quantitative estimate of drug-likeness (QED) is 0.442. The van der Waals surface area contributed by atoms with Crippen molar-refractivity contribution < 1.29 is 33.4 Å². The summed E-state index contributed by atoms with van der Waals surface area (Å²) in [5.74, 6) is 0.702. The van der Waals surface area contributed by atoms with Crippen molar-refractivity contribution in [1.29, 1.82) is 0 Å². The smallest absolute Gasteiger partial charge is 0.222 e. The Labute approximate surface area is 110 Å². The molecule has 1 aliphatic rings. The first-order chi connectivity index (χ1) is 8.84. The molecule has 0 saturated carbocycles. The van der Waals surface area contributed by atoms with Gasteiger partial charge in [-0.15, -0.1) is 15.2 Å². The number of halogens is 1. The van der Waals surface area contributed by atoms with Gasteiger partial charge in [-0.2, -0.15) is 0 Å². The van der Waals surface area contributed by atoms with Crippen molar-refractivity contribution in [1.82, 2.24) is 20.1 Å². The fraction of sp³-hybridized carbons (Fsp3) is 0.556. The SMILES string of the molecule is Cn1nc2ncc3c([n+]2n1)CCCC3.[O-][Cl+3]([O-])([O-])[O-]. The van der Waals surface area contributed by atoms with E-state index in [1.807, 2.05) is 17.8 Å². The van der Waals surface area contributed by atoms with Crippen LogP contribution in [0.15, 0.2) is 6.20 Å². The number of aromatic nitrogens is 5. The second kappa shape index (κ2) is 5.31. The highest BCUT2D eigenvalue weighted by Crippen LogP contribution is 2.16. The molecule has 0 aliphatic heterocycles. The van der Waals surface area contributed by atoms with E-state index in [1.54, 1.807) is 4.80 Å². The van der Waals surface area contributed by atoms with E-state index in [4.69, 9.17) is 18.6 Å². The van der Waals surface area contributed by atoms with Gasteiger partial charge in [-0.3, -0.25) is 0 Å². The van der Waals surface area contributed by atoms with Crippen LogP contribution in [0.3, 0.4) is 0 Å². The van der Waals surface area contributed by atoms with E-state index in [-0.39, 0.29) is 0 Å². The van der Waals surface area contributed by atoms with E-state index >= 15 is 0 Å². The Kier molecular flexibility index (Phi) is 3.92. The van der Waals surface area contributed by atoms with Gasteiger partial charge in [-0.1, -0.05) is 9.31 Å². The van der Waals surface area contributed by atoms with Crippen LogP contribution < -0.4 is 23.2 Å². The molecule has 2 aromatic heterocycles. The Bertz CT molecular complexity index is 576. The Morgan fingerprint density at radius 1 is 1.21 bits per heavy atom. The van der Waals surface area contributed by atoms with Crippen molar-refractivity contribution in [2.45, 2.75) is 25.7 Å². The fourth-order valence-electron chi connectivity index (χ4n) is 2.05. The highest BCUT2D eigenvalue weighted by Gasteiger charge is 2.20. The molecule has 0 spiro atoms. The Balaban J connectivity index is 0.000000232. The van der Waals surface area contributed by atoms with Gasteiger partial charge in [-0.25, -0.2) is 18.6 Å². The Morgan fingerprint density at radius 2 is 1.84 bits per heavy atom. The molecule has 0 unspecified atom stereocenters. The van der Waals surface area contributed by atoms with E-state index in [1.165, 1.54) is 24.1 Å². The first-order valence-corrected chi connectivity index (χ1v) is 6.80. The molecule has 0 atom stereocenters. The molecular weight excluding hydrogens is 278 g/mol. The van der Waals surface area contributed by atoms with Crippen LogP contribution in [0.4, 0.5) is 0 Å². The minimum absolute atomic E-state index is 0.702. The summed E-state index contributed by atoms with van der Waals surface area (Å²) in [6.07, 6.45) is 6.68. The summed E-state index contributed by atoms with van der Waals surface area (Å²) >= 11 is 0. The second-order valence-corrected chi connectivity index (χ2v) is 4.86. The van der Waals surface area contributed by atoms with Crippen molar-refractivity contribution in [3.05, 3.63) is 17.5 Å². The fourth-order valence-corrected chi connectivity index (χ4v) is 2.05. The molecular formula is C9H12ClN5O4. The summed E-state index contributed by atoms with van der Waals surface area (Å²) < 4.78 is 35.8. The van der Waals surface area contributed by atoms with E-state index in [2.05, 4.69) is 15.3 Å². The first kappa shape index (κ1) is 14.0. The van der Waals surface area contributed by atoms with Crippen LogP contribution in [0, 0.1) is 10.2 Å². The molecule has 0 radical (unpaired) electrons. The molecule has 19 heavy (non-hydrogen) atoms. The maximum Gasteiger partial charge on any atom is 0.439 e. The molecule has 0 fully saturated rings. The van der Waals surface area contributed by atoms with Crippen molar-refractivity contribution in [3.63, 3.8) is 0 Å². The van der Waals surface area contributed by atoms with E-state index < -0.39 is 10.2 Å². The monoisotopic (exact) mass is 289 g/mol. The standard InChI is InChI=1S/C9H12N5.ClHO4/c1-13-11-9-10-6-7-4-2-3-5-8(7)14(9)12-13;2-1(3,4)5/h6H,2-5H2,1H3;(H,2,3,4,5)/q+1;/p-1. The molecule has 2 aromatic rings. The minimum Gasteiger partial charge on any atom is -0.222 e. The molecule has 3 rings (SSSR count). The summed E-state index contributed by atoms with van der Waals surface area (Å²) in [7, 11) is -3.12. The molecule has 0 saturated heterocycles. The van der Waals surface area contributed by atoms with Crippen LogP contribution >= 0.6 is 0 Å². The second-order valence-electron chi connectivity index (χ2n) is 4.11. The third-order valence-corrected chi connectivity index (χ3v) is 2.71. The number of hydrogen-bond acceptors (Lipinski definition) is 7. The Hall–Kier alpha value is -1.39. The molecule has 1 aliphatic carbocycles. The van der Waals surface area contributed by atoms with Crippen LogP contribution in [0.2, 0.25) is 0 Å². The zero-order valence-electron chi connectivity index (χ0n) is 10.2. The van der Waals surface area contributed by atoms with Gasteiger partial charge in [0.2, 0.25) is 0 Å². The van der Waals surface area contributed by atoms with E-state index in [0.717, 1.165) is 12.8 Å². The van der Waals surface area contributed by atoms with Crippen molar-refractivity contribution in [2.24, 2.45) is 7.05 Å². The lowest BCUT2D eigenvalue weighted by atomic mass is 9.98. The van der Waals surface area contributed by atoms with Gasteiger partial charge in [0.15, 0.2) is 0 Å². The number of rotatable bonds is 0. The lowest BCUT2D eigenvalue weighted by molar-refractivity contribution is -2.00. The number of hydrogen-bond donors (Lipinski definition) is 0. The van der Waals surface area contributed by atoms with Crippen LogP contribution in [0.5, 0.6) is 0 Å². The van der Waals surface area contributed by atoms with Gasteiger partial charge in [0.1, 0.15) is 12.7 Å². The zero-order valence-corrected chi connectivity index (χ0v) is 10.9. The maximum atomic E-state index is 8.49. The van der Waals surface area contributed by atoms with Crippen LogP contribution in [-0.2, 0) is 19.9 Å². The average Bonchev–Trinajstić information content (AvgIpc) is 2.67. The molecule has 0 aromatic carbocycles. The third kappa shape index (κ3) is 3.78. The summed E-state index contributed by atoms with van der Waals surface area (Å²) in [5, 5.41) is 8.46. The molecule has 104 valence electrons. The molecule has 0 bridgehead atoms. The summed E-state index contributed by atoms with van der Waals surface area (Å²) in [4.78, 5) is 5.85. The van der Waals surface area contributed by atoms with Gasteiger partial charge in [0.25, 0.3) is 0 Å². The van der Waals surface area contributed by atoms with Gasteiger partial charge < -0.3 is 0 Å². The number of fused-ring (bicyclic) bond motifs is 3. The highest BCUT2D eigenvalue weighted by molar-refractivity contribution is 5.22. The normalized spacial score (nSPS) is 14.8. The molecule has 2 heterocycles. The van der Waals surface area contributed by atoms with Crippen molar-refractivity contribution >= 4 is 5.78 Å². The highest BCUT2D eigenvalue weighted by atomic mass is 35.7. The first-order valence-electron chi connectivity index (χ1n) is 5.56. The largest absolute Gasteiger partial charge is 0.439 e. The van der Waals surface area contributed by atoms with Crippen molar-refractivity contribution in [2.75, 3.05) is 0 Å². The molecule has 0 amide bonds. The third-order valence-electron chi connectivity index (χ3n) is 2.71. The molecule has 9 nitrogen and oxygen atoms in total. The van der Waals surface area contributed by atoms with Gasteiger partial charge in [0.05, 0.1) is 11.3 Å². The Morgan fingerprint density at radius 3 is 2.53 bits per heavy atom. The number of nitrogens with zero attached hydrogens (tertiary/aromatic N) is 5. The van der Waals surface area contributed by atoms with E-state index in [9.17, 15) is 0 Å². The van der Waals surface area contributed by atoms with E-state index in [0.29, 0.717) is 5.78 Å². The summed E-state index contributed by atoms with van der Waals surface area (Å²) in [6.45, 7) is 0. The van der Waals surface area contributed by atoms with Gasteiger partial charge in [-0.05, 0) is 19.3 Å². The lowest BCUT2D eigenvalue weighted by Gasteiger charge is -2.17. The maximum absolute atomic E-state index is 8.49. The van der Waals surface area contributed by atoms with Crippen LogP contribution in [0.1, 0.15) is 24.1 Å². The number of tetrazole rings is 1. The van der Waals surface area contributed by atoms with Crippen LogP contribution in [-0.4, -0.2) is 20.1 Å². The topological polar surface area (TPSA) is 140 Å².